The zero-order chi connectivity index (χ0) is 16.4. The molecule has 1 fully saturated rings. The van der Waals surface area contributed by atoms with Crippen molar-refractivity contribution >= 4 is 35.0 Å². The molecule has 0 radical (unpaired) electrons. The highest BCUT2D eigenvalue weighted by Gasteiger charge is 2.17. The van der Waals surface area contributed by atoms with Crippen molar-refractivity contribution in [3.05, 3.63) is 39.8 Å². The maximum atomic E-state index is 12.3. The normalized spacial score (nSPS) is 15.8. The summed E-state index contributed by atoms with van der Waals surface area (Å²) in [6, 6.07) is 5.22. The van der Waals surface area contributed by atoms with Gasteiger partial charge in [0.2, 0.25) is 5.95 Å². The summed E-state index contributed by atoms with van der Waals surface area (Å²) in [5.41, 5.74) is 6.32. The van der Waals surface area contributed by atoms with Crippen molar-refractivity contribution in [1.29, 1.82) is 0 Å². The maximum Gasteiger partial charge on any atom is 0.266 e. The van der Waals surface area contributed by atoms with Crippen LogP contribution in [0, 0.1) is 0 Å². The lowest BCUT2D eigenvalue weighted by atomic mass is 10.3. The van der Waals surface area contributed by atoms with Crippen molar-refractivity contribution in [1.82, 2.24) is 14.9 Å². The van der Waals surface area contributed by atoms with Crippen LogP contribution in [-0.2, 0) is 0 Å². The van der Waals surface area contributed by atoms with E-state index in [1.807, 2.05) is 0 Å². The van der Waals surface area contributed by atoms with Crippen molar-refractivity contribution in [2.24, 2.45) is 0 Å². The number of aromatic amines is 1. The average molecular weight is 352 g/mol. The Labute approximate surface area is 143 Å². The average Bonchev–Trinajstić information content (AvgIpc) is 2.52. The van der Waals surface area contributed by atoms with Crippen molar-refractivity contribution in [2.45, 2.75) is 9.79 Å². The Kier molecular flexibility index (Phi) is 4.79. The van der Waals surface area contributed by atoms with Crippen LogP contribution >= 0.6 is 23.4 Å². The molecule has 1 aliphatic rings. The van der Waals surface area contributed by atoms with Gasteiger partial charge in [0.15, 0.2) is 0 Å². The van der Waals surface area contributed by atoms with Gasteiger partial charge in [0, 0.05) is 41.8 Å². The van der Waals surface area contributed by atoms with Gasteiger partial charge in [0.1, 0.15) is 0 Å². The number of halogens is 1. The Morgan fingerprint density at radius 3 is 2.65 bits per heavy atom. The molecule has 2 heterocycles. The lowest BCUT2D eigenvalue weighted by Gasteiger charge is -2.32. The second kappa shape index (κ2) is 6.82. The first kappa shape index (κ1) is 16.2. The number of nitrogen functional groups attached to an aromatic ring is 1. The van der Waals surface area contributed by atoms with Crippen LogP contribution in [0.5, 0.6) is 0 Å². The molecule has 0 unspecified atom stereocenters. The zero-order valence-corrected chi connectivity index (χ0v) is 14.3. The van der Waals surface area contributed by atoms with Gasteiger partial charge in [0.05, 0.1) is 11.1 Å². The van der Waals surface area contributed by atoms with E-state index in [-0.39, 0.29) is 5.56 Å². The van der Waals surface area contributed by atoms with Gasteiger partial charge in [-0.2, -0.15) is 0 Å². The molecule has 2 aromatic rings. The van der Waals surface area contributed by atoms with Crippen LogP contribution in [-0.4, -0.2) is 48.1 Å². The molecule has 23 heavy (non-hydrogen) atoms. The summed E-state index contributed by atoms with van der Waals surface area (Å²) < 4.78 is 0. The highest BCUT2D eigenvalue weighted by Crippen LogP contribution is 2.31. The van der Waals surface area contributed by atoms with Gasteiger partial charge in [-0.25, -0.2) is 4.98 Å². The maximum absolute atomic E-state index is 12.3. The first-order valence-electron chi connectivity index (χ1n) is 7.28. The number of nitrogens with one attached hydrogen (secondary N) is 1. The fourth-order valence-corrected chi connectivity index (χ4v) is 3.34. The molecule has 3 N–H and O–H groups in total. The monoisotopic (exact) mass is 351 g/mol. The van der Waals surface area contributed by atoms with E-state index in [9.17, 15) is 4.79 Å². The third kappa shape index (κ3) is 3.80. The summed E-state index contributed by atoms with van der Waals surface area (Å²) in [5.74, 6) is 0.622. The molecule has 1 aromatic heterocycles. The van der Waals surface area contributed by atoms with Crippen molar-refractivity contribution in [2.75, 3.05) is 43.9 Å². The van der Waals surface area contributed by atoms with Crippen LogP contribution in [0.4, 0.5) is 11.6 Å². The van der Waals surface area contributed by atoms with E-state index in [1.165, 1.54) is 11.8 Å². The van der Waals surface area contributed by atoms with E-state index in [0.29, 0.717) is 21.6 Å². The highest BCUT2D eigenvalue weighted by molar-refractivity contribution is 7.99. The third-order valence-electron chi connectivity index (χ3n) is 3.75. The smallest absolute Gasteiger partial charge is 0.266 e. The summed E-state index contributed by atoms with van der Waals surface area (Å²) in [5, 5.41) is 0.573. The standard InChI is InChI=1S/C15H18ClN5OS/c1-20-4-6-21(7-5-20)15-18-9-13(14(22)19-15)23-12-3-2-10(16)8-11(12)17/h2-3,8-9H,4-7,17H2,1H3,(H,18,19,22). The lowest BCUT2D eigenvalue weighted by Crippen LogP contribution is -2.45. The van der Waals surface area contributed by atoms with Gasteiger partial charge in [0.25, 0.3) is 5.56 Å². The number of likely N-dealkylation sites (N-methyl/N-ethyl adjacent to an activating group) is 1. The topological polar surface area (TPSA) is 78.2 Å². The van der Waals surface area contributed by atoms with E-state index in [0.717, 1.165) is 31.1 Å². The van der Waals surface area contributed by atoms with Gasteiger partial charge in [-0.15, -0.1) is 0 Å². The summed E-state index contributed by atoms with van der Waals surface area (Å²) in [4.78, 5) is 25.2. The minimum Gasteiger partial charge on any atom is -0.398 e. The first-order valence-corrected chi connectivity index (χ1v) is 8.48. The van der Waals surface area contributed by atoms with Crippen LogP contribution in [0.15, 0.2) is 39.0 Å². The summed E-state index contributed by atoms with van der Waals surface area (Å²) in [7, 11) is 2.09. The Hall–Kier alpha value is -1.70. The highest BCUT2D eigenvalue weighted by atomic mass is 35.5. The van der Waals surface area contributed by atoms with Crippen LogP contribution in [0.2, 0.25) is 5.02 Å². The number of hydrogen-bond acceptors (Lipinski definition) is 6. The lowest BCUT2D eigenvalue weighted by molar-refractivity contribution is 0.311. The van der Waals surface area contributed by atoms with E-state index in [2.05, 4.69) is 26.8 Å². The Morgan fingerprint density at radius 1 is 1.26 bits per heavy atom. The minimum atomic E-state index is -0.159. The molecule has 0 amide bonds. The minimum absolute atomic E-state index is 0.159. The molecule has 1 aliphatic heterocycles. The number of nitrogens with two attached hydrogens (primary N) is 1. The quantitative estimate of drug-likeness (QED) is 0.822. The van der Waals surface area contributed by atoms with Crippen LogP contribution in [0.25, 0.3) is 0 Å². The Morgan fingerprint density at radius 2 is 2.00 bits per heavy atom. The largest absolute Gasteiger partial charge is 0.398 e. The molecule has 3 rings (SSSR count). The van der Waals surface area contributed by atoms with Gasteiger partial charge in [-0.3, -0.25) is 9.78 Å². The molecular formula is C15H18ClN5OS. The number of H-pyrrole nitrogens is 1. The fraction of sp³-hybridized carbons (Fsp3) is 0.333. The summed E-state index contributed by atoms with van der Waals surface area (Å²) in [6.07, 6.45) is 1.60. The fourth-order valence-electron chi connectivity index (χ4n) is 2.36. The van der Waals surface area contributed by atoms with E-state index < -0.39 is 0 Å². The molecule has 0 spiro atoms. The molecule has 122 valence electrons. The van der Waals surface area contributed by atoms with E-state index in [1.54, 1.807) is 24.4 Å². The van der Waals surface area contributed by atoms with Crippen LogP contribution < -0.4 is 16.2 Å². The molecule has 0 saturated carbocycles. The Balaban J connectivity index is 1.78. The predicted octanol–water partition coefficient (Wildman–Crippen LogP) is 1.91. The summed E-state index contributed by atoms with van der Waals surface area (Å²) >= 11 is 7.18. The number of hydrogen-bond donors (Lipinski definition) is 2. The zero-order valence-electron chi connectivity index (χ0n) is 12.8. The third-order valence-corrected chi connectivity index (χ3v) is 5.09. The number of nitrogens with zero attached hydrogens (tertiary/aromatic N) is 3. The SMILES string of the molecule is CN1CCN(c2ncc(Sc3ccc(Cl)cc3N)c(=O)[nH]2)CC1. The molecule has 0 atom stereocenters. The molecule has 1 saturated heterocycles. The summed E-state index contributed by atoms with van der Waals surface area (Å²) in [6.45, 7) is 3.63. The van der Waals surface area contributed by atoms with Crippen molar-refractivity contribution < 1.29 is 0 Å². The van der Waals surface area contributed by atoms with Gasteiger partial charge in [-0.1, -0.05) is 23.4 Å². The molecule has 1 aromatic carbocycles. The predicted molar refractivity (Wildman–Crippen MR) is 94.6 cm³/mol. The number of rotatable bonds is 3. The Bertz CT molecular complexity index is 758. The van der Waals surface area contributed by atoms with Gasteiger partial charge < -0.3 is 15.5 Å². The van der Waals surface area contributed by atoms with E-state index in [4.69, 9.17) is 17.3 Å². The van der Waals surface area contributed by atoms with Gasteiger partial charge in [-0.05, 0) is 25.2 Å². The first-order chi connectivity index (χ1) is 11.0. The molecule has 0 bridgehead atoms. The number of piperazine rings is 1. The second-order valence-electron chi connectivity index (χ2n) is 5.47. The van der Waals surface area contributed by atoms with Crippen molar-refractivity contribution in [3.63, 3.8) is 0 Å². The van der Waals surface area contributed by atoms with Crippen LogP contribution in [0.3, 0.4) is 0 Å². The van der Waals surface area contributed by atoms with Crippen molar-refractivity contribution in [3.8, 4) is 0 Å². The number of anilines is 2. The molecule has 8 heteroatoms. The number of aromatic nitrogens is 2. The molecule has 0 aliphatic carbocycles. The van der Waals surface area contributed by atoms with E-state index >= 15 is 0 Å². The molecular weight excluding hydrogens is 334 g/mol. The second-order valence-corrected chi connectivity index (χ2v) is 6.99. The number of benzene rings is 1. The molecule has 6 nitrogen and oxygen atoms in total. The van der Waals surface area contributed by atoms with Crippen LogP contribution in [0.1, 0.15) is 0 Å². The van der Waals surface area contributed by atoms with Gasteiger partial charge >= 0.3 is 0 Å².